The largest absolute Gasteiger partial charge is 0.395 e. The second kappa shape index (κ2) is 4.50. The monoisotopic (exact) mass is 251 g/mol. The summed E-state index contributed by atoms with van der Waals surface area (Å²) >= 11 is 1.57. The minimum Gasteiger partial charge on any atom is -0.395 e. The van der Waals surface area contributed by atoms with Gasteiger partial charge < -0.3 is 16.2 Å². The molecule has 1 aromatic heterocycles. The highest BCUT2D eigenvalue weighted by molar-refractivity contribution is 7.16. The van der Waals surface area contributed by atoms with Gasteiger partial charge in [0, 0.05) is 6.54 Å². The fraction of sp³-hybridized carbons (Fsp3) is 0.417. The lowest BCUT2D eigenvalue weighted by Gasteiger charge is -2.22. The number of aromatic nitrogens is 1. The van der Waals surface area contributed by atoms with Gasteiger partial charge in [0.25, 0.3) is 0 Å². The van der Waals surface area contributed by atoms with E-state index in [-0.39, 0.29) is 0 Å². The first kappa shape index (κ1) is 12.1. The lowest BCUT2D eigenvalue weighted by Crippen LogP contribution is -2.32. The van der Waals surface area contributed by atoms with Gasteiger partial charge >= 0.3 is 0 Å². The van der Waals surface area contributed by atoms with Crippen LogP contribution in [0.5, 0.6) is 0 Å². The first-order valence-electron chi connectivity index (χ1n) is 5.61. The molecule has 2 rings (SSSR count). The maximum atomic E-state index is 9.93. The molecule has 1 aromatic carbocycles. The molecule has 2 aromatic rings. The van der Waals surface area contributed by atoms with E-state index in [0.717, 1.165) is 15.9 Å². The summed E-state index contributed by atoms with van der Waals surface area (Å²) in [4.78, 5) is 4.23. The fourth-order valence-electron chi connectivity index (χ4n) is 1.52. The standard InChI is InChI=1S/C12H17N3OS/c1-3-12(2,16)6-14-8-4-5-9-11(10(8)13)15-7-17-9/h4-5,7,14,16H,3,6,13H2,1-2H3. The van der Waals surface area contributed by atoms with Crippen LogP contribution < -0.4 is 11.1 Å². The normalized spacial score (nSPS) is 14.8. The predicted molar refractivity (Wildman–Crippen MR) is 73.4 cm³/mol. The number of aliphatic hydroxyl groups is 1. The van der Waals surface area contributed by atoms with Crippen molar-refractivity contribution in [2.24, 2.45) is 0 Å². The zero-order valence-electron chi connectivity index (χ0n) is 10.0. The second-order valence-corrected chi connectivity index (χ2v) is 5.32. The van der Waals surface area contributed by atoms with Gasteiger partial charge in [-0.1, -0.05) is 6.92 Å². The van der Waals surface area contributed by atoms with E-state index in [1.165, 1.54) is 0 Å². The number of nitrogen functional groups attached to an aromatic ring is 1. The Balaban J connectivity index is 2.21. The van der Waals surface area contributed by atoms with Gasteiger partial charge in [-0.25, -0.2) is 4.98 Å². The number of thiazole rings is 1. The van der Waals surface area contributed by atoms with Gasteiger partial charge in [0.15, 0.2) is 0 Å². The quantitative estimate of drug-likeness (QED) is 0.730. The highest BCUT2D eigenvalue weighted by Gasteiger charge is 2.17. The number of nitrogens with one attached hydrogen (secondary N) is 1. The molecular formula is C12H17N3OS. The van der Waals surface area contributed by atoms with Crippen LogP contribution >= 0.6 is 11.3 Å². The predicted octanol–water partition coefficient (Wildman–Crippen LogP) is 2.45. The lowest BCUT2D eigenvalue weighted by molar-refractivity contribution is 0.0697. The molecule has 1 heterocycles. The molecule has 1 atom stereocenters. The van der Waals surface area contributed by atoms with Crippen molar-refractivity contribution in [3.05, 3.63) is 17.6 Å². The Hall–Kier alpha value is -1.33. The van der Waals surface area contributed by atoms with E-state index in [4.69, 9.17) is 5.73 Å². The number of nitrogens with zero attached hydrogens (tertiary/aromatic N) is 1. The molecule has 1 unspecified atom stereocenters. The van der Waals surface area contributed by atoms with Crippen molar-refractivity contribution < 1.29 is 5.11 Å². The topological polar surface area (TPSA) is 71.2 Å². The molecule has 4 N–H and O–H groups in total. The third-order valence-electron chi connectivity index (χ3n) is 2.96. The van der Waals surface area contributed by atoms with Crippen LogP contribution in [-0.2, 0) is 0 Å². The molecule has 0 saturated heterocycles. The Morgan fingerprint density at radius 2 is 2.29 bits per heavy atom. The first-order valence-corrected chi connectivity index (χ1v) is 6.49. The van der Waals surface area contributed by atoms with Crippen LogP contribution in [0.25, 0.3) is 10.2 Å². The van der Waals surface area contributed by atoms with Crippen LogP contribution in [0.15, 0.2) is 17.6 Å². The van der Waals surface area contributed by atoms with Crippen LogP contribution in [-0.4, -0.2) is 22.2 Å². The number of fused-ring (bicyclic) bond motifs is 1. The molecule has 0 fully saturated rings. The molecule has 0 amide bonds. The van der Waals surface area contributed by atoms with Crippen molar-refractivity contribution in [3.63, 3.8) is 0 Å². The van der Waals surface area contributed by atoms with E-state index in [1.807, 2.05) is 19.1 Å². The van der Waals surface area contributed by atoms with Crippen LogP contribution in [0, 0.1) is 0 Å². The summed E-state index contributed by atoms with van der Waals surface area (Å²) in [5.41, 5.74) is 9.41. The summed E-state index contributed by atoms with van der Waals surface area (Å²) in [6.07, 6.45) is 0.693. The van der Waals surface area contributed by atoms with Gasteiger partial charge in [0.05, 0.1) is 27.2 Å². The minimum atomic E-state index is -0.719. The molecular weight excluding hydrogens is 234 g/mol. The van der Waals surface area contributed by atoms with Crippen molar-refractivity contribution >= 4 is 32.9 Å². The molecule has 0 bridgehead atoms. The van der Waals surface area contributed by atoms with E-state index < -0.39 is 5.60 Å². The molecule has 0 spiro atoms. The SMILES string of the molecule is CCC(C)(O)CNc1ccc2scnc2c1N. The second-order valence-electron chi connectivity index (χ2n) is 4.43. The Morgan fingerprint density at radius 1 is 1.53 bits per heavy atom. The van der Waals surface area contributed by atoms with E-state index in [0.29, 0.717) is 18.7 Å². The summed E-state index contributed by atoms with van der Waals surface area (Å²) in [5.74, 6) is 0. The van der Waals surface area contributed by atoms with Gasteiger partial charge in [0.2, 0.25) is 0 Å². The number of benzene rings is 1. The third kappa shape index (κ3) is 2.50. The Labute approximate surface area is 104 Å². The van der Waals surface area contributed by atoms with Crippen LogP contribution in [0.2, 0.25) is 0 Å². The molecule has 0 radical (unpaired) electrons. The number of hydrogen-bond donors (Lipinski definition) is 3. The number of hydrogen-bond acceptors (Lipinski definition) is 5. The summed E-state index contributed by atoms with van der Waals surface area (Å²) < 4.78 is 1.08. The van der Waals surface area contributed by atoms with E-state index in [9.17, 15) is 5.11 Å². The molecule has 0 aliphatic rings. The highest BCUT2D eigenvalue weighted by atomic mass is 32.1. The lowest BCUT2D eigenvalue weighted by atomic mass is 10.0. The summed E-state index contributed by atoms with van der Waals surface area (Å²) in [6.45, 7) is 4.23. The molecule has 5 heteroatoms. The average Bonchev–Trinajstić information content (AvgIpc) is 2.77. The Morgan fingerprint density at radius 3 is 3.00 bits per heavy atom. The Bertz CT molecular complexity index is 521. The fourth-order valence-corrected chi connectivity index (χ4v) is 2.21. The Kier molecular flexibility index (Phi) is 3.22. The van der Waals surface area contributed by atoms with Crippen LogP contribution in [0.1, 0.15) is 20.3 Å². The van der Waals surface area contributed by atoms with E-state index in [1.54, 1.807) is 23.8 Å². The van der Waals surface area contributed by atoms with Crippen molar-refractivity contribution in [2.45, 2.75) is 25.9 Å². The van der Waals surface area contributed by atoms with Crippen LogP contribution in [0.4, 0.5) is 11.4 Å². The smallest absolute Gasteiger partial charge is 0.106 e. The molecule has 17 heavy (non-hydrogen) atoms. The van der Waals surface area contributed by atoms with Gasteiger partial charge in [-0.15, -0.1) is 11.3 Å². The van der Waals surface area contributed by atoms with E-state index >= 15 is 0 Å². The van der Waals surface area contributed by atoms with Gasteiger partial charge in [-0.3, -0.25) is 0 Å². The van der Waals surface area contributed by atoms with Crippen LogP contribution in [0.3, 0.4) is 0 Å². The molecule has 0 saturated carbocycles. The van der Waals surface area contributed by atoms with E-state index in [2.05, 4.69) is 10.3 Å². The molecule has 0 aliphatic heterocycles. The zero-order chi connectivity index (χ0) is 12.5. The van der Waals surface area contributed by atoms with Gasteiger partial charge in [-0.05, 0) is 25.5 Å². The summed E-state index contributed by atoms with van der Waals surface area (Å²) in [5, 5.41) is 13.1. The molecule has 0 aliphatic carbocycles. The zero-order valence-corrected chi connectivity index (χ0v) is 10.8. The highest BCUT2D eigenvalue weighted by Crippen LogP contribution is 2.30. The first-order chi connectivity index (χ1) is 8.03. The number of anilines is 2. The maximum absolute atomic E-state index is 9.93. The third-order valence-corrected chi connectivity index (χ3v) is 3.76. The van der Waals surface area contributed by atoms with Crippen molar-refractivity contribution in [3.8, 4) is 0 Å². The number of rotatable bonds is 4. The summed E-state index contributed by atoms with van der Waals surface area (Å²) in [7, 11) is 0. The summed E-state index contributed by atoms with van der Waals surface area (Å²) in [6, 6.07) is 3.92. The molecule has 92 valence electrons. The minimum absolute atomic E-state index is 0.476. The van der Waals surface area contributed by atoms with Gasteiger partial charge in [-0.2, -0.15) is 0 Å². The van der Waals surface area contributed by atoms with Crippen molar-refractivity contribution in [2.75, 3.05) is 17.6 Å². The number of nitrogens with two attached hydrogens (primary N) is 1. The van der Waals surface area contributed by atoms with Crippen molar-refractivity contribution in [1.29, 1.82) is 0 Å². The molecule has 4 nitrogen and oxygen atoms in total. The average molecular weight is 251 g/mol. The van der Waals surface area contributed by atoms with Crippen molar-refractivity contribution in [1.82, 2.24) is 4.98 Å². The van der Waals surface area contributed by atoms with Gasteiger partial charge in [0.1, 0.15) is 5.52 Å². The maximum Gasteiger partial charge on any atom is 0.106 e.